The molecule has 3 N–H and O–H groups in total. The van der Waals surface area contributed by atoms with Gasteiger partial charge in [0, 0.05) is 6.54 Å². The lowest BCUT2D eigenvalue weighted by molar-refractivity contribution is 0.254. The molecule has 4 rings (SSSR count). The lowest BCUT2D eigenvalue weighted by Gasteiger charge is -2.19. The first-order valence-corrected chi connectivity index (χ1v) is 10.1. The zero-order valence-electron chi connectivity index (χ0n) is 14.9. The van der Waals surface area contributed by atoms with Crippen LogP contribution in [0.2, 0.25) is 0 Å². The number of aromatic nitrogens is 4. The molecule has 2 fully saturated rings. The molecule has 1 saturated carbocycles. The Morgan fingerprint density at radius 3 is 2.65 bits per heavy atom. The number of carbonyl (C=O) groups excluding carboxylic acids is 1. The van der Waals surface area contributed by atoms with Crippen LogP contribution in [0.4, 0.5) is 4.79 Å². The highest BCUT2D eigenvalue weighted by molar-refractivity contribution is 7.99. The summed E-state index contributed by atoms with van der Waals surface area (Å²) in [5, 5.41) is 5.54. The van der Waals surface area contributed by atoms with Crippen LogP contribution in [0, 0.1) is 0 Å². The molecule has 0 unspecified atom stereocenters. The standard InChI is InChI=1S/C17H25N7OS/c18-16(25)22-26-17(5-6-17)14-13-11-21-24(15(13)20-12-19-14)10-9-23-7-3-1-2-4-8-23/h11-12H,1-10H2,(H3,18,22,25). The minimum Gasteiger partial charge on any atom is -0.351 e. The lowest BCUT2D eigenvalue weighted by atomic mass is 10.2. The van der Waals surface area contributed by atoms with E-state index in [1.165, 1.54) is 50.7 Å². The lowest BCUT2D eigenvalue weighted by Crippen LogP contribution is -2.28. The number of primary amides is 1. The number of rotatable bonds is 6. The third-order valence-electron chi connectivity index (χ3n) is 5.24. The molecule has 9 heteroatoms. The maximum atomic E-state index is 11.1. The fourth-order valence-electron chi connectivity index (χ4n) is 3.66. The number of nitrogens with zero attached hydrogens (tertiary/aromatic N) is 5. The van der Waals surface area contributed by atoms with E-state index in [-0.39, 0.29) is 4.75 Å². The average molecular weight is 376 g/mol. The summed E-state index contributed by atoms with van der Waals surface area (Å²) >= 11 is 1.35. The van der Waals surface area contributed by atoms with Gasteiger partial charge in [-0.05, 0) is 50.7 Å². The summed E-state index contributed by atoms with van der Waals surface area (Å²) in [5.41, 5.74) is 7.04. The number of fused-ring (bicyclic) bond motifs is 1. The van der Waals surface area contributed by atoms with Gasteiger partial charge in [-0.2, -0.15) is 5.10 Å². The van der Waals surface area contributed by atoms with Crippen LogP contribution in [-0.4, -0.2) is 50.3 Å². The first-order valence-electron chi connectivity index (χ1n) is 9.31. The monoisotopic (exact) mass is 375 g/mol. The van der Waals surface area contributed by atoms with Crippen LogP contribution in [0.25, 0.3) is 11.0 Å². The SMILES string of the molecule is NC(=O)NSC1(c2ncnc3c2cnn3CCN2CCCCCC2)CC1. The van der Waals surface area contributed by atoms with Crippen molar-refractivity contribution in [3.05, 3.63) is 18.2 Å². The van der Waals surface area contributed by atoms with Gasteiger partial charge in [-0.25, -0.2) is 19.4 Å². The molecule has 0 atom stereocenters. The van der Waals surface area contributed by atoms with E-state index < -0.39 is 6.03 Å². The van der Waals surface area contributed by atoms with E-state index in [4.69, 9.17) is 5.73 Å². The minimum atomic E-state index is -0.528. The largest absolute Gasteiger partial charge is 0.351 e. The van der Waals surface area contributed by atoms with Crippen LogP contribution < -0.4 is 10.5 Å². The topological polar surface area (TPSA) is 102 Å². The Morgan fingerprint density at radius 2 is 1.96 bits per heavy atom. The second-order valence-corrected chi connectivity index (χ2v) is 8.34. The first-order chi connectivity index (χ1) is 12.7. The van der Waals surface area contributed by atoms with Gasteiger partial charge in [0.05, 0.1) is 28.6 Å². The van der Waals surface area contributed by atoms with Gasteiger partial charge in [0.15, 0.2) is 5.65 Å². The van der Waals surface area contributed by atoms with Crippen LogP contribution >= 0.6 is 11.9 Å². The number of nitrogens with two attached hydrogens (primary N) is 1. The summed E-state index contributed by atoms with van der Waals surface area (Å²) in [7, 11) is 0. The molecule has 2 aromatic heterocycles. The van der Waals surface area contributed by atoms with Gasteiger partial charge in [-0.3, -0.25) is 4.72 Å². The van der Waals surface area contributed by atoms with E-state index in [9.17, 15) is 4.79 Å². The quantitative estimate of drug-likeness (QED) is 0.749. The summed E-state index contributed by atoms with van der Waals surface area (Å²) in [6.45, 7) is 4.19. The van der Waals surface area contributed by atoms with Gasteiger partial charge in [0.25, 0.3) is 0 Å². The predicted molar refractivity (Wildman–Crippen MR) is 101 cm³/mol. The number of carbonyl (C=O) groups is 1. The molecular weight excluding hydrogens is 350 g/mol. The summed E-state index contributed by atoms with van der Waals surface area (Å²) in [6, 6.07) is -0.528. The summed E-state index contributed by atoms with van der Waals surface area (Å²) in [5.74, 6) is 0. The number of amides is 2. The molecule has 0 aromatic carbocycles. The molecule has 8 nitrogen and oxygen atoms in total. The molecule has 2 aliphatic rings. The smallest absolute Gasteiger partial charge is 0.322 e. The van der Waals surface area contributed by atoms with Crippen molar-refractivity contribution in [1.82, 2.24) is 29.4 Å². The highest BCUT2D eigenvalue weighted by atomic mass is 32.2. The first kappa shape index (κ1) is 17.5. The molecule has 0 spiro atoms. The molecule has 0 radical (unpaired) electrons. The van der Waals surface area contributed by atoms with Gasteiger partial charge in [-0.1, -0.05) is 12.8 Å². The molecular formula is C17H25N7OS. The normalized spacial score (nSPS) is 20.0. The van der Waals surface area contributed by atoms with Gasteiger partial charge < -0.3 is 10.6 Å². The van der Waals surface area contributed by atoms with E-state index >= 15 is 0 Å². The molecule has 0 bridgehead atoms. The van der Waals surface area contributed by atoms with E-state index in [1.54, 1.807) is 6.33 Å². The minimum absolute atomic E-state index is 0.200. The molecule has 2 aromatic rings. The number of likely N-dealkylation sites (tertiary alicyclic amines) is 1. The van der Waals surface area contributed by atoms with E-state index in [1.807, 2.05) is 10.9 Å². The molecule has 1 aliphatic heterocycles. The van der Waals surface area contributed by atoms with E-state index in [0.717, 1.165) is 42.7 Å². The fourth-order valence-corrected chi connectivity index (χ4v) is 4.53. The number of hydrogen-bond acceptors (Lipinski definition) is 6. The molecule has 1 aliphatic carbocycles. The van der Waals surface area contributed by atoms with Crippen molar-refractivity contribution in [2.24, 2.45) is 5.73 Å². The maximum Gasteiger partial charge on any atom is 0.322 e. The third-order valence-corrected chi connectivity index (χ3v) is 6.54. The molecule has 2 amide bonds. The highest BCUT2D eigenvalue weighted by Crippen LogP contribution is 2.56. The summed E-state index contributed by atoms with van der Waals surface area (Å²) < 4.78 is 4.43. The Labute approximate surface area is 157 Å². The van der Waals surface area contributed by atoms with Crippen molar-refractivity contribution in [2.75, 3.05) is 19.6 Å². The van der Waals surface area contributed by atoms with Gasteiger partial charge in [0.2, 0.25) is 0 Å². The van der Waals surface area contributed by atoms with Crippen molar-refractivity contribution in [3.63, 3.8) is 0 Å². The summed E-state index contributed by atoms with van der Waals surface area (Å²) in [6.07, 6.45) is 10.7. The molecule has 26 heavy (non-hydrogen) atoms. The Balaban J connectivity index is 1.51. The number of hydrogen-bond donors (Lipinski definition) is 2. The molecule has 3 heterocycles. The van der Waals surface area contributed by atoms with Crippen LogP contribution in [0.3, 0.4) is 0 Å². The maximum absolute atomic E-state index is 11.1. The van der Waals surface area contributed by atoms with Crippen LogP contribution in [-0.2, 0) is 11.3 Å². The Morgan fingerprint density at radius 1 is 1.19 bits per heavy atom. The van der Waals surface area contributed by atoms with Crippen molar-refractivity contribution in [1.29, 1.82) is 0 Å². The van der Waals surface area contributed by atoms with E-state index in [2.05, 4.69) is 24.7 Å². The Hall–Kier alpha value is -1.87. The third kappa shape index (κ3) is 3.64. The van der Waals surface area contributed by atoms with Crippen molar-refractivity contribution in [3.8, 4) is 0 Å². The van der Waals surface area contributed by atoms with Crippen LogP contribution in [0.15, 0.2) is 12.5 Å². The van der Waals surface area contributed by atoms with Crippen LogP contribution in [0.5, 0.6) is 0 Å². The van der Waals surface area contributed by atoms with Gasteiger partial charge in [-0.15, -0.1) is 0 Å². The van der Waals surface area contributed by atoms with E-state index in [0.29, 0.717) is 0 Å². The zero-order valence-corrected chi connectivity index (χ0v) is 15.7. The molecule has 140 valence electrons. The molecule has 1 saturated heterocycles. The van der Waals surface area contributed by atoms with Gasteiger partial charge >= 0.3 is 6.03 Å². The average Bonchev–Trinajstić information content (AvgIpc) is 3.38. The Kier molecular flexibility index (Phi) is 4.99. The zero-order chi connectivity index (χ0) is 18.0. The van der Waals surface area contributed by atoms with Crippen molar-refractivity contribution < 1.29 is 4.79 Å². The van der Waals surface area contributed by atoms with Crippen LogP contribution in [0.1, 0.15) is 44.2 Å². The highest BCUT2D eigenvalue weighted by Gasteiger charge is 2.48. The van der Waals surface area contributed by atoms with Crippen molar-refractivity contribution in [2.45, 2.75) is 49.8 Å². The second kappa shape index (κ2) is 7.40. The second-order valence-electron chi connectivity index (χ2n) is 7.15. The number of nitrogens with one attached hydrogen (secondary N) is 1. The Bertz CT molecular complexity index is 781. The van der Waals surface area contributed by atoms with Crippen molar-refractivity contribution >= 4 is 29.0 Å². The predicted octanol–water partition coefficient (Wildman–Crippen LogP) is 2.01. The van der Waals surface area contributed by atoms with Gasteiger partial charge in [0.1, 0.15) is 6.33 Å². The number of urea groups is 1. The summed E-state index contributed by atoms with van der Waals surface area (Å²) in [4.78, 5) is 22.6. The fraction of sp³-hybridized carbons (Fsp3) is 0.647.